The van der Waals surface area contributed by atoms with E-state index in [0.29, 0.717) is 22.8 Å². The van der Waals surface area contributed by atoms with E-state index < -0.39 is 0 Å². The fourth-order valence-corrected chi connectivity index (χ4v) is 5.05. The molecule has 10 heteroatoms. The Morgan fingerprint density at radius 3 is 2.78 bits per heavy atom. The monoisotopic (exact) mass is 485 g/mol. The van der Waals surface area contributed by atoms with E-state index >= 15 is 0 Å². The molecule has 1 aliphatic heterocycles. The quantitative estimate of drug-likeness (QED) is 0.341. The van der Waals surface area contributed by atoms with Gasteiger partial charge in [-0.25, -0.2) is 4.68 Å². The van der Waals surface area contributed by atoms with E-state index in [9.17, 15) is 5.21 Å². The van der Waals surface area contributed by atoms with Crippen LogP contribution >= 0.6 is 0 Å². The first-order valence-corrected chi connectivity index (χ1v) is 11.9. The molecule has 10 nitrogen and oxygen atoms in total. The maximum Gasteiger partial charge on any atom is 0.253 e. The molecule has 0 radical (unpaired) electrons. The Bertz CT molecular complexity index is 1550. The highest BCUT2D eigenvalue weighted by atomic mass is 16.8. The number of aromatic nitrogens is 6. The topological polar surface area (TPSA) is 101 Å². The summed E-state index contributed by atoms with van der Waals surface area (Å²) in [7, 11) is 3.77. The minimum Gasteiger partial charge on any atom is -0.497 e. The highest BCUT2D eigenvalue weighted by Gasteiger charge is 2.24. The van der Waals surface area contributed by atoms with Gasteiger partial charge >= 0.3 is 0 Å². The van der Waals surface area contributed by atoms with Crippen LogP contribution in [-0.2, 0) is 26.1 Å². The van der Waals surface area contributed by atoms with E-state index in [2.05, 4.69) is 57.1 Å². The maximum atomic E-state index is 12.4. The molecule has 0 fully saturated rings. The van der Waals surface area contributed by atoms with Gasteiger partial charge in [0.2, 0.25) is 5.69 Å². The molecule has 2 aromatic carbocycles. The van der Waals surface area contributed by atoms with Crippen LogP contribution < -0.4 is 9.64 Å². The Kier molecular flexibility index (Phi) is 5.45. The van der Waals surface area contributed by atoms with Crippen molar-refractivity contribution in [3.05, 3.63) is 82.1 Å². The van der Waals surface area contributed by atoms with Crippen LogP contribution in [0.4, 0.5) is 0 Å². The van der Waals surface area contributed by atoms with Gasteiger partial charge in [-0.05, 0) is 60.8 Å². The average Bonchev–Trinajstić information content (AvgIpc) is 3.56. The van der Waals surface area contributed by atoms with Crippen molar-refractivity contribution in [3.63, 3.8) is 0 Å². The third-order valence-electron chi connectivity index (χ3n) is 6.88. The summed E-state index contributed by atoms with van der Waals surface area (Å²) < 4.78 is 14.1. The van der Waals surface area contributed by atoms with E-state index in [1.807, 2.05) is 30.5 Å². The lowest BCUT2D eigenvalue weighted by Crippen LogP contribution is -2.29. The van der Waals surface area contributed by atoms with Gasteiger partial charge in [0, 0.05) is 46.8 Å². The molecule has 6 rings (SSSR count). The summed E-state index contributed by atoms with van der Waals surface area (Å²) in [6.45, 7) is 4.91. The standard InChI is InChI=1S/C26H27N7O3/c1-17-4-9-23-21(12-17)22-15-30(2)11-10-24(22)32(23)14-19-13-31(29-27-19)16-25-26(28-36-33(25)34)18-5-7-20(35-3)8-6-18/h4-9,12-13H,10-11,14-16H2,1-3H3. The predicted molar refractivity (Wildman–Crippen MR) is 132 cm³/mol. The Hall–Kier alpha value is -4.18. The average molecular weight is 486 g/mol. The van der Waals surface area contributed by atoms with Gasteiger partial charge in [-0.2, -0.15) is 0 Å². The van der Waals surface area contributed by atoms with Gasteiger partial charge in [0.1, 0.15) is 18.0 Å². The van der Waals surface area contributed by atoms with Crippen LogP contribution in [0.3, 0.4) is 0 Å². The number of rotatable bonds is 6. The zero-order chi connectivity index (χ0) is 24.8. The molecule has 3 aromatic heterocycles. The molecule has 4 heterocycles. The molecule has 0 saturated heterocycles. The van der Waals surface area contributed by atoms with Gasteiger partial charge in [-0.3, -0.25) is 4.63 Å². The lowest BCUT2D eigenvalue weighted by atomic mass is 10.0. The first-order chi connectivity index (χ1) is 17.5. The van der Waals surface area contributed by atoms with E-state index in [4.69, 9.17) is 9.37 Å². The van der Waals surface area contributed by atoms with Crippen LogP contribution in [0.15, 0.2) is 53.3 Å². The third kappa shape index (κ3) is 3.89. The molecule has 184 valence electrons. The van der Waals surface area contributed by atoms with Crippen LogP contribution in [0.2, 0.25) is 0 Å². The van der Waals surface area contributed by atoms with Crippen LogP contribution in [-0.4, -0.2) is 50.3 Å². The van der Waals surface area contributed by atoms with Crippen molar-refractivity contribution in [3.8, 4) is 17.0 Å². The summed E-state index contributed by atoms with van der Waals surface area (Å²) in [4.78, 5) is 2.79. The predicted octanol–water partition coefficient (Wildman–Crippen LogP) is 2.92. The first kappa shape index (κ1) is 22.3. The highest BCUT2D eigenvalue weighted by molar-refractivity contribution is 5.86. The Morgan fingerprint density at radius 2 is 1.97 bits per heavy atom. The number of fused-ring (bicyclic) bond motifs is 3. The van der Waals surface area contributed by atoms with Crippen LogP contribution in [0.25, 0.3) is 22.2 Å². The molecular formula is C26H27N7O3. The molecule has 0 saturated carbocycles. The summed E-state index contributed by atoms with van der Waals surface area (Å²) >= 11 is 0. The number of benzene rings is 2. The van der Waals surface area contributed by atoms with E-state index in [-0.39, 0.29) is 6.54 Å². The normalized spacial score (nSPS) is 13.9. The maximum absolute atomic E-state index is 12.4. The van der Waals surface area contributed by atoms with Crippen molar-refractivity contribution < 1.29 is 14.3 Å². The fraction of sp³-hybridized carbons (Fsp3) is 0.308. The summed E-state index contributed by atoms with van der Waals surface area (Å²) in [6, 6.07) is 13.9. The first-order valence-electron chi connectivity index (χ1n) is 11.9. The Labute approximate surface area is 207 Å². The number of nitrogens with zero attached hydrogens (tertiary/aromatic N) is 7. The molecule has 5 aromatic rings. The van der Waals surface area contributed by atoms with Crippen molar-refractivity contribution in [1.82, 2.24) is 29.6 Å². The van der Waals surface area contributed by atoms with Crippen LogP contribution in [0, 0.1) is 12.1 Å². The van der Waals surface area contributed by atoms with E-state index in [1.165, 1.54) is 27.7 Å². The molecule has 0 atom stereocenters. The molecule has 0 aliphatic carbocycles. The molecule has 0 N–H and O–H groups in total. The number of hydrogen-bond donors (Lipinski definition) is 0. The number of aryl methyl sites for hydroxylation is 1. The fourth-order valence-electron chi connectivity index (χ4n) is 5.05. The largest absolute Gasteiger partial charge is 0.497 e. The molecule has 0 amide bonds. The number of methoxy groups -OCH3 is 1. The molecular weight excluding hydrogens is 458 g/mol. The summed E-state index contributed by atoms with van der Waals surface area (Å²) in [5.41, 5.74) is 7.65. The van der Waals surface area contributed by atoms with Crippen LogP contribution in [0.5, 0.6) is 5.75 Å². The smallest absolute Gasteiger partial charge is 0.253 e. The lowest BCUT2D eigenvalue weighted by Gasteiger charge is -2.24. The zero-order valence-corrected chi connectivity index (χ0v) is 20.5. The van der Waals surface area contributed by atoms with Gasteiger partial charge in [-0.15, -0.1) is 5.10 Å². The molecule has 36 heavy (non-hydrogen) atoms. The third-order valence-corrected chi connectivity index (χ3v) is 6.88. The van der Waals surface area contributed by atoms with E-state index in [1.54, 1.807) is 11.8 Å². The van der Waals surface area contributed by atoms with Crippen molar-refractivity contribution in [2.24, 2.45) is 0 Å². The van der Waals surface area contributed by atoms with Gasteiger partial charge in [0.05, 0.1) is 19.9 Å². The minimum atomic E-state index is 0.190. The van der Waals surface area contributed by atoms with Crippen molar-refractivity contribution in [1.29, 1.82) is 0 Å². The summed E-state index contributed by atoms with van der Waals surface area (Å²) in [5.74, 6) is 0.723. The number of likely N-dealkylation sites (N-methyl/N-ethyl adjacent to an activating group) is 1. The highest BCUT2D eigenvalue weighted by Crippen LogP contribution is 2.32. The Balaban J connectivity index is 1.29. The zero-order valence-electron chi connectivity index (χ0n) is 20.5. The van der Waals surface area contributed by atoms with Gasteiger partial charge in [-0.1, -0.05) is 16.8 Å². The molecule has 0 unspecified atom stereocenters. The van der Waals surface area contributed by atoms with Gasteiger partial charge < -0.3 is 19.4 Å². The Morgan fingerprint density at radius 1 is 1.14 bits per heavy atom. The minimum absolute atomic E-state index is 0.190. The van der Waals surface area contributed by atoms with Crippen LogP contribution in [0.1, 0.15) is 28.2 Å². The second-order valence-corrected chi connectivity index (χ2v) is 9.38. The van der Waals surface area contributed by atoms with Crippen molar-refractivity contribution in [2.45, 2.75) is 33.0 Å². The lowest BCUT2D eigenvalue weighted by molar-refractivity contribution is -0.808. The second kappa shape index (κ2) is 8.80. The molecule has 0 bridgehead atoms. The van der Waals surface area contributed by atoms with Crippen molar-refractivity contribution in [2.75, 3.05) is 20.7 Å². The number of ether oxygens (including phenoxy) is 1. The molecule has 0 spiro atoms. The number of hydrogen-bond acceptors (Lipinski definition) is 7. The van der Waals surface area contributed by atoms with E-state index in [0.717, 1.165) is 36.5 Å². The SMILES string of the molecule is COc1ccc(-c2no[n+]([O-])c2Cn2cc(Cn3c4c(c5cc(C)ccc53)CN(C)CC4)nn2)cc1. The summed E-state index contributed by atoms with van der Waals surface area (Å²) in [6.07, 6.45) is 2.88. The van der Waals surface area contributed by atoms with Crippen molar-refractivity contribution >= 4 is 10.9 Å². The molecule has 1 aliphatic rings. The summed E-state index contributed by atoms with van der Waals surface area (Å²) in [5, 5.41) is 26.3. The van der Waals surface area contributed by atoms with Gasteiger partial charge in [0.15, 0.2) is 0 Å². The second-order valence-electron chi connectivity index (χ2n) is 9.38. The van der Waals surface area contributed by atoms with Gasteiger partial charge in [0.25, 0.3) is 5.69 Å².